The number of methoxy groups -OCH3 is 1. The van der Waals surface area contributed by atoms with Gasteiger partial charge in [0.15, 0.2) is 11.6 Å². The highest BCUT2D eigenvalue weighted by atomic mass is 32.2. The molecule has 0 aromatic heterocycles. The van der Waals surface area contributed by atoms with Crippen molar-refractivity contribution in [3.8, 4) is 5.75 Å². The quantitative estimate of drug-likeness (QED) is 0.876. The summed E-state index contributed by atoms with van der Waals surface area (Å²) in [4.78, 5) is -0.108. The summed E-state index contributed by atoms with van der Waals surface area (Å²) in [6.45, 7) is 1.37. The molecule has 3 rings (SSSR count). The fraction of sp³-hybridized carbons (Fsp3) is 0.600. The summed E-state index contributed by atoms with van der Waals surface area (Å²) < 4.78 is 51.0. The summed E-state index contributed by atoms with van der Waals surface area (Å²) in [7, 11) is -2.50. The van der Waals surface area contributed by atoms with Crippen LogP contribution in [0.3, 0.4) is 0 Å². The predicted octanol–water partition coefficient (Wildman–Crippen LogP) is 0.854. The molecule has 2 atom stereocenters. The van der Waals surface area contributed by atoms with Gasteiger partial charge in [-0.15, -0.1) is 0 Å². The van der Waals surface area contributed by atoms with Crippen molar-refractivity contribution < 1.29 is 27.4 Å². The molecule has 0 spiro atoms. The Balaban J connectivity index is 1.90. The first-order valence-electron chi connectivity index (χ1n) is 7.45. The zero-order valence-corrected chi connectivity index (χ0v) is 13.7. The summed E-state index contributed by atoms with van der Waals surface area (Å²) in [5.41, 5.74) is -0.462. The van der Waals surface area contributed by atoms with Crippen molar-refractivity contribution >= 4 is 10.0 Å². The van der Waals surface area contributed by atoms with Crippen molar-refractivity contribution in [3.05, 3.63) is 24.0 Å². The molecule has 0 radical (unpaired) electrons. The van der Waals surface area contributed by atoms with E-state index in [1.165, 1.54) is 23.5 Å². The second-order valence-corrected chi connectivity index (χ2v) is 8.07. The van der Waals surface area contributed by atoms with Crippen molar-refractivity contribution in [1.82, 2.24) is 4.31 Å². The van der Waals surface area contributed by atoms with Gasteiger partial charge in [0, 0.05) is 31.0 Å². The van der Waals surface area contributed by atoms with Gasteiger partial charge in [0.05, 0.1) is 25.2 Å². The Bertz CT molecular complexity index is 695. The first-order valence-corrected chi connectivity index (χ1v) is 8.89. The summed E-state index contributed by atoms with van der Waals surface area (Å²) >= 11 is 0. The lowest BCUT2D eigenvalue weighted by Gasteiger charge is -2.36. The van der Waals surface area contributed by atoms with Crippen molar-refractivity contribution in [3.63, 3.8) is 0 Å². The van der Waals surface area contributed by atoms with E-state index in [9.17, 15) is 17.9 Å². The zero-order valence-electron chi connectivity index (χ0n) is 12.9. The van der Waals surface area contributed by atoms with Gasteiger partial charge >= 0.3 is 0 Å². The fourth-order valence-corrected chi connectivity index (χ4v) is 4.99. The second kappa shape index (κ2) is 6.01. The van der Waals surface area contributed by atoms with Gasteiger partial charge in [-0.1, -0.05) is 0 Å². The minimum absolute atomic E-state index is 0.000676. The molecule has 23 heavy (non-hydrogen) atoms. The predicted molar refractivity (Wildman–Crippen MR) is 80.2 cm³/mol. The normalized spacial score (nSPS) is 28.6. The Kier molecular flexibility index (Phi) is 4.35. The maximum Gasteiger partial charge on any atom is 0.243 e. The number of hydrogen-bond donors (Lipinski definition) is 1. The van der Waals surface area contributed by atoms with Gasteiger partial charge in [-0.05, 0) is 24.6 Å². The molecule has 0 saturated carbocycles. The number of aliphatic hydroxyl groups is 1. The first-order chi connectivity index (χ1) is 10.9. The molecule has 0 bridgehead atoms. The molecule has 0 amide bonds. The van der Waals surface area contributed by atoms with E-state index in [4.69, 9.17) is 9.47 Å². The fourth-order valence-electron chi connectivity index (χ4n) is 3.40. The molecule has 2 aliphatic rings. The molecule has 2 fully saturated rings. The third kappa shape index (κ3) is 2.73. The lowest BCUT2D eigenvalue weighted by Crippen LogP contribution is -2.41. The molecule has 1 aromatic carbocycles. The van der Waals surface area contributed by atoms with Gasteiger partial charge in [-0.3, -0.25) is 0 Å². The third-order valence-electron chi connectivity index (χ3n) is 4.92. The smallest absolute Gasteiger partial charge is 0.243 e. The van der Waals surface area contributed by atoms with E-state index in [2.05, 4.69) is 0 Å². The standard InChI is InChI=1S/C15H20FNO5S/c1-21-14-3-2-12(6-13(14)16)23(19,20)17-7-11-8-22-5-4-15(11,9-17)10-18/h2-3,6,11,18H,4-5,7-10H2,1H3/t11-,15-/m1/s1. The minimum atomic E-state index is -3.82. The Morgan fingerprint density at radius 3 is 2.91 bits per heavy atom. The lowest BCUT2D eigenvalue weighted by atomic mass is 9.75. The van der Waals surface area contributed by atoms with Crippen molar-refractivity contribution in [1.29, 1.82) is 0 Å². The molecule has 1 N–H and O–H groups in total. The number of nitrogens with zero attached hydrogens (tertiary/aromatic N) is 1. The first kappa shape index (κ1) is 16.6. The minimum Gasteiger partial charge on any atom is -0.494 e. The molecule has 0 unspecified atom stereocenters. The maximum absolute atomic E-state index is 13.8. The number of ether oxygens (including phenoxy) is 2. The largest absolute Gasteiger partial charge is 0.494 e. The SMILES string of the molecule is COc1ccc(S(=O)(=O)N2C[C@@H]3COCC[C@]3(CO)C2)cc1F. The molecule has 8 heteroatoms. The van der Waals surface area contributed by atoms with Gasteiger partial charge in [-0.2, -0.15) is 4.31 Å². The van der Waals surface area contributed by atoms with Crippen LogP contribution in [0.5, 0.6) is 5.75 Å². The number of benzene rings is 1. The number of sulfonamides is 1. The van der Waals surface area contributed by atoms with Crippen molar-refractivity contribution in [2.45, 2.75) is 11.3 Å². The molecular weight excluding hydrogens is 325 g/mol. The van der Waals surface area contributed by atoms with Gasteiger partial charge in [0.2, 0.25) is 10.0 Å². The molecule has 2 aliphatic heterocycles. The van der Waals surface area contributed by atoms with Gasteiger partial charge in [0.1, 0.15) is 0 Å². The number of rotatable bonds is 4. The van der Waals surface area contributed by atoms with E-state index >= 15 is 0 Å². The van der Waals surface area contributed by atoms with Crippen LogP contribution in [-0.4, -0.2) is 57.8 Å². The summed E-state index contributed by atoms with van der Waals surface area (Å²) in [6.07, 6.45) is 0.622. The van der Waals surface area contributed by atoms with Crippen LogP contribution >= 0.6 is 0 Å². The number of hydrogen-bond acceptors (Lipinski definition) is 5. The highest BCUT2D eigenvalue weighted by Gasteiger charge is 2.51. The monoisotopic (exact) mass is 345 g/mol. The van der Waals surface area contributed by atoms with E-state index in [1.807, 2.05) is 0 Å². The Morgan fingerprint density at radius 1 is 1.52 bits per heavy atom. The Hall–Kier alpha value is -1.22. The van der Waals surface area contributed by atoms with Gasteiger partial charge < -0.3 is 14.6 Å². The van der Waals surface area contributed by atoms with Crippen LogP contribution in [0.25, 0.3) is 0 Å². The molecular formula is C15H20FNO5S. The molecule has 2 heterocycles. The number of halogens is 1. The summed E-state index contributed by atoms with van der Waals surface area (Å²) in [6, 6.07) is 3.61. The molecule has 1 aromatic rings. The van der Waals surface area contributed by atoms with Crippen LogP contribution in [0.15, 0.2) is 23.1 Å². The van der Waals surface area contributed by atoms with Crippen LogP contribution in [0.1, 0.15) is 6.42 Å². The number of fused-ring (bicyclic) bond motifs is 1. The highest BCUT2D eigenvalue weighted by molar-refractivity contribution is 7.89. The lowest BCUT2D eigenvalue weighted by molar-refractivity contribution is -0.0414. The summed E-state index contributed by atoms with van der Waals surface area (Å²) in [5.74, 6) is -0.760. The Morgan fingerprint density at radius 2 is 2.30 bits per heavy atom. The van der Waals surface area contributed by atoms with E-state index in [1.54, 1.807) is 0 Å². The van der Waals surface area contributed by atoms with Gasteiger partial charge in [0.25, 0.3) is 0 Å². The molecule has 128 valence electrons. The maximum atomic E-state index is 13.8. The van der Waals surface area contributed by atoms with Gasteiger partial charge in [-0.25, -0.2) is 12.8 Å². The number of aliphatic hydroxyl groups excluding tert-OH is 1. The van der Waals surface area contributed by atoms with Crippen molar-refractivity contribution in [2.75, 3.05) is 40.0 Å². The molecule has 2 saturated heterocycles. The van der Waals surface area contributed by atoms with Crippen molar-refractivity contribution in [2.24, 2.45) is 11.3 Å². The highest BCUT2D eigenvalue weighted by Crippen LogP contribution is 2.43. The van der Waals surface area contributed by atoms with E-state index in [0.717, 1.165) is 6.07 Å². The molecule has 0 aliphatic carbocycles. The van der Waals surface area contributed by atoms with Crippen LogP contribution < -0.4 is 4.74 Å². The average Bonchev–Trinajstić information content (AvgIpc) is 2.95. The van der Waals surface area contributed by atoms with Crippen LogP contribution in [0.4, 0.5) is 4.39 Å². The summed E-state index contributed by atoms with van der Waals surface area (Å²) in [5, 5.41) is 9.76. The average molecular weight is 345 g/mol. The van der Waals surface area contributed by atoms with Crippen LogP contribution in [0, 0.1) is 17.2 Å². The third-order valence-corrected chi connectivity index (χ3v) is 6.73. The topological polar surface area (TPSA) is 76.1 Å². The van der Waals surface area contributed by atoms with E-state index < -0.39 is 21.3 Å². The zero-order chi connectivity index (χ0) is 16.7. The Labute approximate surface area is 134 Å². The van der Waals surface area contributed by atoms with E-state index in [0.29, 0.717) is 19.6 Å². The van der Waals surface area contributed by atoms with E-state index in [-0.39, 0.29) is 36.3 Å². The molecule has 6 nitrogen and oxygen atoms in total. The van der Waals surface area contributed by atoms with Crippen LogP contribution in [-0.2, 0) is 14.8 Å². The van der Waals surface area contributed by atoms with Crippen LogP contribution in [0.2, 0.25) is 0 Å². The second-order valence-electron chi connectivity index (χ2n) is 6.14.